The Balaban J connectivity index is 3.03. The molecule has 0 aliphatic rings. The molecule has 0 aromatic heterocycles. The van der Waals surface area contributed by atoms with Gasteiger partial charge < -0.3 is 4.74 Å². The summed E-state index contributed by atoms with van der Waals surface area (Å²) >= 11 is 9.02. The fourth-order valence-electron chi connectivity index (χ4n) is 1.11. The predicted molar refractivity (Wildman–Crippen MR) is 60.0 cm³/mol. The van der Waals surface area contributed by atoms with E-state index in [0.717, 1.165) is 0 Å². The Morgan fingerprint density at radius 1 is 1.50 bits per heavy atom. The largest absolute Gasteiger partial charge is 0.435 e. The van der Waals surface area contributed by atoms with Gasteiger partial charge in [0, 0.05) is 4.47 Å². The van der Waals surface area contributed by atoms with Crippen LogP contribution >= 0.6 is 27.5 Å². The van der Waals surface area contributed by atoms with Gasteiger partial charge in [-0.3, -0.25) is 4.79 Å². The topological polar surface area (TPSA) is 26.3 Å². The molecule has 16 heavy (non-hydrogen) atoms. The van der Waals surface area contributed by atoms with E-state index in [2.05, 4.69) is 20.7 Å². The molecule has 1 aromatic rings. The SMILES string of the molecule is CC(=O)C(Cl)c1cc(OC(F)F)ccc1Br. The van der Waals surface area contributed by atoms with Crippen LogP contribution in [0.25, 0.3) is 0 Å². The summed E-state index contributed by atoms with van der Waals surface area (Å²) < 4.78 is 28.7. The van der Waals surface area contributed by atoms with Crippen LogP contribution in [-0.2, 0) is 4.79 Å². The monoisotopic (exact) mass is 312 g/mol. The third-order valence-corrected chi connectivity index (χ3v) is 3.09. The summed E-state index contributed by atoms with van der Waals surface area (Å²) in [6.07, 6.45) is 0. The molecule has 1 unspecified atom stereocenters. The molecule has 0 saturated carbocycles. The van der Waals surface area contributed by atoms with E-state index in [4.69, 9.17) is 11.6 Å². The summed E-state index contributed by atoms with van der Waals surface area (Å²) in [6, 6.07) is 4.18. The van der Waals surface area contributed by atoms with Crippen molar-refractivity contribution in [3.05, 3.63) is 28.2 Å². The van der Waals surface area contributed by atoms with Crippen molar-refractivity contribution in [3.8, 4) is 5.75 Å². The van der Waals surface area contributed by atoms with Gasteiger partial charge in [-0.05, 0) is 30.7 Å². The van der Waals surface area contributed by atoms with Crippen molar-refractivity contribution in [3.63, 3.8) is 0 Å². The maximum absolute atomic E-state index is 12.0. The van der Waals surface area contributed by atoms with Gasteiger partial charge in [-0.1, -0.05) is 15.9 Å². The number of rotatable bonds is 4. The van der Waals surface area contributed by atoms with Gasteiger partial charge in [-0.25, -0.2) is 0 Å². The number of carbonyl (C=O) groups excluding carboxylic acids is 1. The number of ketones is 1. The summed E-state index contributed by atoms with van der Waals surface area (Å²) in [4.78, 5) is 11.1. The lowest BCUT2D eigenvalue weighted by atomic mass is 10.1. The normalized spacial score (nSPS) is 12.6. The Morgan fingerprint density at radius 3 is 2.62 bits per heavy atom. The summed E-state index contributed by atoms with van der Waals surface area (Å²) in [7, 11) is 0. The van der Waals surface area contributed by atoms with Crippen LogP contribution in [-0.4, -0.2) is 12.4 Å². The van der Waals surface area contributed by atoms with Crippen molar-refractivity contribution in [2.45, 2.75) is 18.9 Å². The molecular weight excluding hydrogens is 305 g/mol. The van der Waals surface area contributed by atoms with Gasteiger partial charge in [0.05, 0.1) is 0 Å². The van der Waals surface area contributed by atoms with Gasteiger partial charge in [0.2, 0.25) is 0 Å². The molecule has 0 bridgehead atoms. The molecule has 0 aliphatic heterocycles. The van der Waals surface area contributed by atoms with Crippen molar-refractivity contribution in [2.24, 2.45) is 0 Å². The number of hydrogen-bond donors (Lipinski definition) is 0. The van der Waals surface area contributed by atoms with Crippen LogP contribution in [0.1, 0.15) is 17.9 Å². The number of Topliss-reactive ketones (excluding diaryl/α,β-unsaturated/α-hetero) is 1. The Bertz CT molecular complexity index is 398. The van der Waals surface area contributed by atoms with E-state index in [-0.39, 0.29) is 11.5 Å². The molecule has 0 radical (unpaired) electrons. The first-order chi connectivity index (χ1) is 7.41. The average Bonchev–Trinajstić information content (AvgIpc) is 2.19. The van der Waals surface area contributed by atoms with Crippen molar-refractivity contribution < 1.29 is 18.3 Å². The maximum Gasteiger partial charge on any atom is 0.387 e. The van der Waals surface area contributed by atoms with E-state index < -0.39 is 12.0 Å². The fraction of sp³-hybridized carbons (Fsp3) is 0.300. The van der Waals surface area contributed by atoms with Gasteiger partial charge in [0.25, 0.3) is 0 Å². The van der Waals surface area contributed by atoms with Gasteiger partial charge in [-0.15, -0.1) is 11.6 Å². The fourth-order valence-corrected chi connectivity index (χ4v) is 1.90. The number of ether oxygens (including phenoxy) is 1. The minimum atomic E-state index is -2.90. The van der Waals surface area contributed by atoms with Crippen LogP contribution in [0.2, 0.25) is 0 Å². The highest BCUT2D eigenvalue weighted by Gasteiger charge is 2.17. The first-order valence-corrected chi connectivity index (χ1v) is 5.53. The van der Waals surface area contributed by atoms with Crippen LogP contribution < -0.4 is 4.74 Å². The van der Waals surface area contributed by atoms with Gasteiger partial charge in [0.15, 0.2) is 5.78 Å². The molecule has 0 spiro atoms. The highest BCUT2D eigenvalue weighted by molar-refractivity contribution is 9.10. The minimum Gasteiger partial charge on any atom is -0.435 e. The molecule has 1 atom stereocenters. The zero-order chi connectivity index (χ0) is 12.3. The lowest BCUT2D eigenvalue weighted by Crippen LogP contribution is -2.05. The summed E-state index contributed by atoms with van der Waals surface area (Å²) in [5.74, 6) is -0.295. The van der Waals surface area contributed by atoms with Crippen LogP contribution in [0, 0.1) is 0 Å². The molecule has 0 aliphatic carbocycles. The summed E-state index contributed by atoms with van der Waals surface area (Å²) in [6.45, 7) is -1.58. The van der Waals surface area contributed by atoms with E-state index in [9.17, 15) is 13.6 Å². The molecule has 0 N–H and O–H groups in total. The Labute approximate surface area is 105 Å². The molecule has 0 saturated heterocycles. The van der Waals surface area contributed by atoms with E-state index in [1.54, 1.807) is 0 Å². The third-order valence-electron chi connectivity index (χ3n) is 1.82. The number of halogens is 4. The van der Waals surface area contributed by atoms with E-state index in [1.807, 2.05) is 0 Å². The zero-order valence-electron chi connectivity index (χ0n) is 8.22. The van der Waals surface area contributed by atoms with Gasteiger partial charge in [0.1, 0.15) is 11.1 Å². The minimum absolute atomic E-state index is 0.0277. The molecular formula is C10H8BrClF2O2. The zero-order valence-corrected chi connectivity index (χ0v) is 10.6. The van der Waals surface area contributed by atoms with E-state index >= 15 is 0 Å². The molecule has 1 rings (SSSR count). The highest BCUT2D eigenvalue weighted by atomic mass is 79.9. The van der Waals surface area contributed by atoms with Crippen LogP contribution in [0.15, 0.2) is 22.7 Å². The van der Waals surface area contributed by atoms with Crippen molar-refractivity contribution in [2.75, 3.05) is 0 Å². The van der Waals surface area contributed by atoms with E-state index in [0.29, 0.717) is 10.0 Å². The molecule has 1 aromatic carbocycles. The van der Waals surface area contributed by atoms with Crippen molar-refractivity contribution >= 4 is 33.3 Å². The van der Waals surface area contributed by atoms with E-state index in [1.165, 1.54) is 25.1 Å². The lowest BCUT2D eigenvalue weighted by Gasteiger charge is -2.11. The number of benzene rings is 1. The second-order valence-electron chi connectivity index (χ2n) is 3.04. The molecule has 0 fully saturated rings. The lowest BCUT2D eigenvalue weighted by molar-refractivity contribution is -0.116. The second-order valence-corrected chi connectivity index (χ2v) is 4.33. The van der Waals surface area contributed by atoms with Crippen LogP contribution in [0.4, 0.5) is 8.78 Å². The Kier molecular flexibility index (Phi) is 4.68. The predicted octanol–water partition coefficient (Wildman–Crippen LogP) is 3.92. The Morgan fingerprint density at radius 2 is 2.12 bits per heavy atom. The second kappa shape index (κ2) is 5.59. The first kappa shape index (κ1) is 13.4. The molecule has 88 valence electrons. The van der Waals surface area contributed by atoms with Gasteiger partial charge >= 0.3 is 6.61 Å². The maximum atomic E-state index is 12.0. The molecule has 0 heterocycles. The van der Waals surface area contributed by atoms with Crippen LogP contribution in [0.3, 0.4) is 0 Å². The number of hydrogen-bond acceptors (Lipinski definition) is 2. The van der Waals surface area contributed by atoms with Gasteiger partial charge in [-0.2, -0.15) is 8.78 Å². The Hall–Kier alpha value is -0.680. The third kappa shape index (κ3) is 3.42. The smallest absolute Gasteiger partial charge is 0.387 e. The quantitative estimate of drug-likeness (QED) is 0.788. The molecule has 6 heteroatoms. The van der Waals surface area contributed by atoms with Crippen molar-refractivity contribution in [1.29, 1.82) is 0 Å². The molecule has 0 amide bonds. The number of alkyl halides is 3. The van der Waals surface area contributed by atoms with Crippen LogP contribution in [0.5, 0.6) is 5.75 Å². The molecule has 2 nitrogen and oxygen atoms in total. The summed E-state index contributed by atoms with van der Waals surface area (Å²) in [5, 5.41) is -0.879. The number of carbonyl (C=O) groups is 1. The highest BCUT2D eigenvalue weighted by Crippen LogP contribution is 2.32. The standard InChI is InChI=1S/C10H8BrClF2O2/c1-5(15)9(12)7-4-6(16-10(13)14)2-3-8(7)11/h2-4,9-10H,1H3. The average molecular weight is 314 g/mol. The van der Waals surface area contributed by atoms with Crippen molar-refractivity contribution in [1.82, 2.24) is 0 Å². The first-order valence-electron chi connectivity index (χ1n) is 4.30. The summed E-state index contributed by atoms with van der Waals surface area (Å²) in [5.41, 5.74) is 0.410.